The number of anilines is 1. The quantitative estimate of drug-likeness (QED) is 0.659. The number of nitrogens with zero attached hydrogens (tertiary/aromatic N) is 2. The van der Waals surface area contributed by atoms with E-state index in [2.05, 4.69) is 9.72 Å². The van der Waals surface area contributed by atoms with E-state index >= 15 is 0 Å². The van der Waals surface area contributed by atoms with Crippen LogP contribution >= 0.6 is 0 Å². The number of benzene rings is 1. The lowest BCUT2D eigenvalue weighted by Gasteiger charge is -2.10. The largest absolute Gasteiger partial charge is 0.491 e. The SMILES string of the molecule is COC(=O)c1ccc(OCCc2nccn2C)c(N)c1. The van der Waals surface area contributed by atoms with Crippen molar-refractivity contribution < 1.29 is 14.3 Å². The molecule has 6 nitrogen and oxygen atoms in total. The molecule has 1 aromatic heterocycles. The maximum Gasteiger partial charge on any atom is 0.337 e. The van der Waals surface area contributed by atoms with E-state index in [1.54, 1.807) is 24.4 Å². The molecule has 20 heavy (non-hydrogen) atoms. The molecule has 0 atom stereocenters. The molecule has 0 saturated carbocycles. The van der Waals surface area contributed by atoms with Crippen LogP contribution in [0.5, 0.6) is 5.75 Å². The summed E-state index contributed by atoms with van der Waals surface area (Å²) in [6.45, 7) is 0.465. The number of nitrogens with two attached hydrogens (primary N) is 1. The third-order valence-corrected chi connectivity index (χ3v) is 2.94. The molecule has 1 heterocycles. The highest BCUT2D eigenvalue weighted by Crippen LogP contribution is 2.23. The van der Waals surface area contributed by atoms with Crippen LogP contribution in [0.4, 0.5) is 5.69 Å². The Hall–Kier alpha value is -2.50. The number of esters is 1. The molecule has 0 fully saturated rings. The first kappa shape index (κ1) is 13.9. The van der Waals surface area contributed by atoms with Crippen LogP contribution < -0.4 is 10.5 Å². The average molecular weight is 275 g/mol. The van der Waals surface area contributed by atoms with Gasteiger partial charge in [-0.15, -0.1) is 0 Å². The van der Waals surface area contributed by atoms with Crippen LogP contribution in [0.15, 0.2) is 30.6 Å². The minimum Gasteiger partial charge on any atom is -0.491 e. The zero-order valence-electron chi connectivity index (χ0n) is 11.5. The van der Waals surface area contributed by atoms with Crippen molar-refractivity contribution >= 4 is 11.7 Å². The van der Waals surface area contributed by atoms with Gasteiger partial charge in [-0.05, 0) is 18.2 Å². The summed E-state index contributed by atoms with van der Waals surface area (Å²) in [6, 6.07) is 4.83. The fraction of sp³-hybridized carbons (Fsp3) is 0.286. The fourth-order valence-electron chi connectivity index (χ4n) is 1.81. The smallest absolute Gasteiger partial charge is 0.337 e. The van der Waals surface area contributed by atoms with Gasteiger partial charge in [-0.3, -0.25) is 0 Å². The Morgan fingerprint density at radius 1 is 1.45 bits per heavy atom. The number of ether oxygens (including phenoxy) is 2. The van der Waals surface area contributed by atoms with Crippen molar-refractivity contribution in [2.75, 3.05) is 19.5 Å². The van der Waals surface area contributed by atoms with Crippen molar-refractivity contribution in [3.63, 3.8) is 0 Å². The van der Waals surface area contributed by atoms with E-state index in [9.17, 15) is 4.79 Å². The fourth-order valence-corrected chi connectivity index (χ4v) is 1.81. The molecule has 0 aliphatic rings. The van der Waals surface area contributed by atoms with Crippen LogP contribution in [0.2, 0.25) is 0 Å². The first-order valence-corrected chi connectivity index (χ1v) is 6.18. The first-order chi connectivity index (χ1) is 9.61. The van der Waals surface area contributed by atoms with E-state index in [0.29, 0.717) is 30.0 Å². The van der Waals surface area contributed by atoms with Gasteiger partial charge in [-0.25, -0.2) is 9.78 Å². The molecule has 0 radical (unpaired) electrons. The lowest BCUT2D eigenvalue weighted by molar-refractivity contribution is 0.0601. The van der Waals surface area contributed by atoms with Gasteiger partial charge >= 0.3 is 5.97 Å². The van der Waals surface area contributed by atoms with Crippen molar-refractivity contribution in [1.29, 1.82) is 0 Å². The Bertz CT molecular complexity index is 607. The number of aromatic nitrogens is 2. The first-order valence-electron chi connectivity index (χ1n) is 6.18. The monoisotopic (exact) mass is 275 g/mol. The average Bonchev–Trinajstić information content (AvgIpc) is 2.85. The lowest BCUT2D eigenvalue weighted by Crippen LogP contribution is -2.08. The Balaban J connectivity index is 1.96. The van der Waals surface area contributed by atoms with E-state index in [1.165, 1.54) is 7.11 Å². The summed E-state index contributed by atoms with van der Waals surface area (Å²) < 4.78 is 12.2. The van der Waals surface area contributed by atoms with E-state index in [-0.39, 0.29) is 0 Å². The topological polar surface area (TPSA) is 79.4 Å². The summed E-state index contributed by atoms with van der Waals surface area (Å²) in [5.41, 5.74) is 6.66. The zero-order chi connectivity index (χ0) is 14.5. The second-order valence-corrected chi connectivity index (χ2v) is 4.30. The summed E-state index contributed by atoms with van der Waals surface area (Å²) in [6.07, 6.45) is 4.31. The van der Waals surface area contributed by atoms with Crippen LogP contribution in [0.25, 0.3) is 0 Å². The van der Waals surface area contributed by atoms with Gasteiger partial charge in [0.1, 0.15) is 11.6 Å². The zero-order valence-corrected chi connectivity index (χ0v) is 11.5. The van der Waals surface area contributed by atoms with Crippen molar-refractivity contribution in [2.45, 2.75) is 6.42 Å². The van der Waals surface area contributed by atoms with Crippen molar-refractivity contribution in [3.8, 4) is 5.75 Å². The minimum absolute atomic E-state index is 0.404. The van der Waals surface area contributed by atoms with E-state index in [4.69, 9.17) is 10.5 Å². The summed E-state index contributed by atoms with van der Waals surface area (Å²) in [5.74, 6) is 1.07. The number of hydrogen-bond donors (Lipinski definition) is 1. The van der Waals surface area contributed by atoms with Gasteiger partial charge in [0.05, 0.1) is 25.0 Å². The van der Waals surface area contributed by atoms with Gasteiger partial charge < -0.3 is 19.8 Å². The number of hydrogen-bond acceptors (Lipinski definition) is 5. The Labute approximate surface area is 117 Å². The summed E-state index contributed by atoms with van der Waals surface area (Å²) in [4.78, 5) is 15.6. The molecule has 0 unspecified atom stereocenters. The van der Waals surface area contributed by atoms with Gasteiger partial charge in [-0.2, -0.15) is 0 Å². The normalized spacial score (nSPS) is 10.3. The van der Waals surface area contributed by atoms with Gasteiger partial charge in [0.25, 0.3) is 0 Å². The lowest BCUT2D eigenvalue weighted by atomic mass is 10.2. The van der Waals surface area contributed by atoms with Gasteiger partial charge in [0.15, 0.2) is 0 Å². The number of imidazole rings is 1. The number of carbonyl (C=O) groups excluding carboxylic acids is 1. The van der Waals surface area contributed by atoms with Crippen molar-refractivity contribution in [2.24, 2.45) is 7.05 Å². The van der Waals surface area contributed by atoms with Crippen LogP contribution in [0.1, 0.15) is 16.2 Å². The molecule has 2 N–H and O–H groups in total. The number of methoxy groups -OCH3 is 1. The molecule has 106 valence electrons. The van der Waals surface area contributed by atoms with Crippen LogP contribution in [-0.2, 0) is 18.2 Å². The van der Waals surface area contributed by atoms with Crippen molar-refractivity contribution in [1.82, 2.24) is 9.55 Å². The third kappa shape index (κ3) is 3.09. The predicted octanol–water partition coefficient (Wildman–Crippen LogP) is 1.41. The van der Waals surface area contributed by atoms with Gasteiger partial charge in [-0.1, -0.05) is 0 Å². The van der Waals surface area contributed by atoms with E-state index in [0.717, 1.165) is 5.82 Å². The van der Waals surface area contributed by atoms with Crippen LogP contribution in [0.3, 0.4) is 0 Å². The van der Waals surface area contributed by atoms with E-state index < -0.39 is 5.97 Å². The number of nitrogen functional groups attached to an aromatic ring is 1. The summed E-state index contributed by atoms with van der Waals surface area (Å²) >= 11 is 0. The minimum atomic E-state index is -0.420. The second-order valence-electron chi connectivity index (χ2n) is 4.30. The second kappa shape index (κ2) is 6.10. The van der Waals surface area contributed by atoms with Gasteiger partial charge in [0.2, 0.25) is 0 Å². The molecule has 1 aromatic carbocycles. The summed E-state index contributed by atoms with van der Waals surface area (Å²) in [7, 11) is 3.26. The standard InChI is InChI=1S/C14H17N3O3/c1-17-7-6-16-13(17)5-8-20-12-4-3-10(9-11(12)15)14(18)19-2/h3-4,6-7,9H,5,8,15H2,1-2H3. The molecule has 0 aliphatic carbocycles. The molecule has 0 spiro atoms. The molecule has 0 bridgehead atoms. The highest BCUT2D eigenvalue weighted by Gasteiger charge is 2.09. The number of aryl methyl sites for hydroxylation is 1. The molecular formula is C14H17N3O3. The molecule has 0 saturated heterocycles. The summed E-state index contributed by atoms with van der Waals surface area (Å²) in [5, 5.41) is 0. The molecule has 0 aliphatic heterocycles. The third-order valence-electron chi connectivity index (χ3n) is 2.94. The number of carbonyl (C=O) groups is 1. The highest BCUT2D eigenvalue weighted by atomic mass is 16.5. The molecular weight excluding hydrogens is 258 g/mol. The maximum atomic E-state index is 11.4. The molecule has 0 amide bonds. The Morgan fingerprint density at radius 2 is 2.25 bits per heavy atom. The maximum absolute atomic E-state index is 11.4. The van der Waals surface area contributed by atoms with Gasteiger partial charge in [0, 0.05) is 25.9 Å². The van der Waals surface area contributed by atoms with Crippen molar-refractivity contribution in [3.05, 3.63) is 42.0 Å². The van der Waals surface area contributed by atoms with Crippen LogP contribution in [0, 0.1) is 0 Å². The molecule has 2 rings (SSSR count). The number of rotatable bonds is 5. The molecule has 6 heteroatoms. The highest BCUT2D eigenvalue weighted by molar-refractivity contribution is 5.90. The molecule has 2 aromatic rings. The Kier molecular flexibility index (Phi) is 4.24. The van der Waals surface area contributed by atoms with Crippen LogP contribution in [-0.4, -0.2) is 29.2 Å². The van der Waals surface area contributed by atoms with E-state index in [1.807, 2.05) is 17.8 Å². The predicted molar refractivity (Wildman–Crippen MR) is 74.6 cm³/mol. The Morgan fingerprint density at radius 3 is 2.85 bits per heavy atom.